The molecule has 0 aliphatic heterocycles. The predicted octanol–water partition coefficient (Wildman–Crippen LogP) is 2.56. The monoisotopic (exact) mass is 182 g/mol. The van der Waals surface area contributed by atoms with Crippen LogP contribution in [-0.4, -0.2) is 11.1 Å². The molecule has 13 heavy (non-hydrogen) atoms. The van der Waals surface area contributed by atoms with Crippen LogP contribution in [0.5, 0.6) is 0 Å². The van der Waals surface area contributed by atoms with Gasteiger partial charge in [-0.3, -0.25) is 4.79 Å². The third-order valence-electron chi connectivity index (χ3n) is 1.77. The van der Waals surface area contributed by atoms with Crippen LogP contribution in [-0.2, 0) is 4.79 Å². The lowest BCUT2D eigenvalue weighted by Crippen LogP contribution is -1.98. The third kappa shape index (κ3) is 3.23. The van der Waals surface area contributed by atoms with Crippen LogP contribution in [0.1, 0.15) is 24.6 Å². The average Bonchev–Trinajstić information content (AvgIpc) is 2.15. The molecule has 2 nitrogen and oxygen atoms in total. The first-order chi connectivity index (χ1) is 6.20. The standard InChI is InChI=1S/C10H11FO2/c11-9(6-7-10(12)13)8-4-2-1-3-5-8/h1-5,9H,6-7H2,(H,12,13)/t9-/m1/s1. The smallest absolute Gasteiger partial charge is 0.303 e. The predicted molar refractivity (Wildman–Crippen MR) is 47.2 cm³/mol. The number of hydrogen-bond donors (Lipinski definition) is 1. The van der Waals surface area contributed by atoms with Crippen LogP contribution < -0.4 is 0 Å². The summed E-state index contributed by atoms with van der Waals surface area (Å²) in [6.07, 6.45) is -1.26. The van der Waals surface area contributed by atoms with Crippen LogP contribution in [0.25, 0.3) is 0 Å². The summed E-state index contributed by atoms with van der Waals surface area (Å²) < 4.78 is 13.2. The molecule has 1 N–H and O–H groups in total. The number of carboxylic acids is 1. The Balaban J connectivity index is 2.49. The minimum atomic E-state index is -1.17. The van der Waals surface area contributed by atoms with Crippen LogP contribution in [0.15, 0.2) is 30.3 Å². The summed E-state index contributed by atoms with van der Waals surface area (Å²) in [5, 5.41) is 8.34. The molecule has 0 aliphatic rings. The van der Waals surface area contributed by atoms with Crippen LogP contribution >= 0.6 is 0 Å². The van der Waals surface area contributed by atoms with E-state index in [4.69, 9.17) is 5.11 Å². The zero-order chi connectivity index (χ0) is 9.68. The molecule has 1 rings (SSSR count). The SMILES string of the molecule is O=C(O)CC[C@@H](F)c1ccccc1. The summed E-state index contributed by atoms with van der Waals surface area (Å²) in [6.45, 7) is 0. The molecule has 1 aromatic carbocycles. The summed E-state index contributed by atoms with van der Waals surface area (Å²) >= 11 is 0. The minimum Gasteiger partial charge on any atom is -0.481 e. The molecule has 0 saturated heterocycles. The molecule has 0 saturated carbocycles. The van der Waals surface area contributed by atoms with Crippen molar-refractivity contribution >= 4 is 5.97 Å². The van der Waals surface area contributed by atoms with E-state index >= 15 is 0 Å². The second-order valence-corrected chi connectivity index (χ2v) is 2.81. The molecule has 0 amide bonds. The molecular weight excluding hydrogens is 171 g/mol. The van der Waals surface area contributed by atoms with Gasteiger partial charge in [0.25, 0.3) is 0 Å². The highest BCUT2D eigenvalue weighted by Gasteiger charge is 2.10. The Hall–Kier alpha value is -1.38. The minimum absolute atomic E-state index is 0.0410. The number of hydrogen-bond acceptors (Lipinski definition) is 1. The van der Waals surface area contributed by atoms with Crippen molar-refractivity contribution in [3.05, 3.63) is 35.9 Å². The summed E-state index contributed by atoms with van der Waals surface area (Å²) in [7, 11) is 0. The normalized spacial score (nSPS) is 12.4. The molecule has 0 spiro atoms. The summed E-state index contributed by atoms with van der Waals surface area (Å²) in [5.41, 5.74) is 0.545. The Morgan fingerprint density at radius 2 is 2.00 bits per heavy atom. The second kappa shape index (κ2) is 4.60. The second-order valence-electron chi connectivity index (χ2n) is 2.81. The lowest BCUT2D eigenvalue weighted by atomic mass is 10.1. The first-order valence-electron chi connectivity index (χ1n) is 4.11. The van der Waals surface area contributed by atoms with Crippen LogP contribution in [0.3, 0.4) is 0 Å². The van der Waals surface area contributed by atoms with Crippen LogP contribution in [0, 0.1) is 0 Å². The Labute approximate surface area is 76.0 Å². The molecule has 3 heteroatoms. The van der Waals surface area contributed by atoms with E-state index in [0.29, 0.717) is 5.56 Å². The van der Waals surface area contributed by atoms with E-state index in [9.17, 15) is 9.18 Å². The van der Waals surface area contributed by atoms with Crippen molar-refractivity contribution in [3.8, 4) is 0 Å². The van der Waals surface area contributed by atoms with Gasteiger partial charge in [0, 0.05) is 6.42 Å². The van der Waals surface area contributed by atoms with Gasteiger partial charge in [0.05, 0.1) is 0 Å². The fraction of sp³-hybridized carbons (Fsp3) is 0.300. The van der Waals surface area contributed by atoms with Gasteiger partial charge in [-0.25, -0.2) is 4.39 Å². The van der Waals surface area contributed by atoms with Crippen molar-refractivity contribution in [3.63, 3.8) is 0 Å². The fourth-order valence-electron chi connectivity index (χ4n) is 1.08. The number of aliphatic carboxylic acids is 1. The maximum absolute atomic E-state index is 13.2. The lowest BCUT2D eigenvalue weighted by molar-refractivity contribution is -0.137. The number of halogens is 1. The molecule has 1 aromatic rings. The third-order valence-corrected chi connectivity index (χ3v) is 1.77. The molecule has 1 atom stereocenters. The highest BCUT2D eigenvalue weighted by atomic mass is 19.1. The van der Waals surface area contributed by atoms with Gasteiger partial charge < -0.3 is 5.11 Å². The van der Waals surface area contributed by atoms with Crippen molar-refractivity contribution in [2.45, 2.75) is 19.0 Å². The topological polar surface area (TPSA) is 37.3 Å². The van der Waals surface area contributed by atoms with Crippen LogP contribution in [0.2, 0.25) is 0 Å². The average molecular weight is 182 g/mol. The molecule has 0 fully saturated rings. The number of carboxylic acid groups (broad SMARTS) is 1. The largest absolute Gasteiger partial charge is 0.481 e. The molecular formula is C10H11FO2. The zero-order valence-electron chi connectivity index (χ0n) is 7.11. The number of rotatable bonds is 4. The van der Waals surface area contributed by atoms with Gasteiger partial charge in [-0.2, -0.15) is 0 Å². The Kier molecular flexibility index (Phi) is 3.43. The Bertz CT molecular complexity index is 272. The summed E-state index contributed by atoms with van der Waals surface area (Å²) in [4.78, 5) is 10.2. The molecule has 0 unspecified atom stereocenters. The first kappa shape index (κ1) is 9.71. The van der Waals surface area contributed by atoms with Crippen molar-refractivity contribution < 1.29 is 14.3 Å². The molecule has 0 heterocycles. The Morgan fingerprint density at radius 1 is 1.38 bits per heavy atom. The first-order valence-corrected chi connectivity index (χ1v) is 4.11. The highest BCUT2D eigenvalue weighted by molar-refractivity contribution is 5.66. The van der Waals surface area contributed by atoms with Crippen LogP contribution in [0.4, 0.5) is 4.39 Å². The van der Waals surface area contributed by atoms with E-state index in [2.05, 4.69) is 0 Å². The molecule has 0 radical (unpaired) electrons. The van der Waals surface area contributed by atoms with E-state index < -0.39 is 12.1 Å². The van der Waals surface area contributed by atoms with E-state index in [-0.39, 0.29) is 12.8 Å². The Morgan fingerprint density at radius 3 is 2.54 bits per heavy atom. The van der Waals surface area contributed by atoms with Crippen molar-refractivity contribution in [2.24, 2.45) is 0 Å². The van der Waals surface area contributed by atoms with E-state index in [0.717, 1.165) is 0 Å². The van der Waals surface area contributed by atoms with Crippen molar-refractivity contribution in [1.29, 1.82) is 0 Å². The maximum Gasteiger partial charge on any atom is 0.303 e. The lowest BCUT2D eigenvalue weighted by Gasteiger charge is -2.05. The van der Waals surface area contributed by atoms with Gasteiger partial charge in [-0.15, -0.1) is 0 Å². The molecule has 0 aromatic heterocycles. The van der Waals surface area contributed by atoms with Gasteiger partial charge in [0.15, 0.2) is 0 Å². The quantitative estimate of drug-likeness (QED) is 0.776. The number of alkyl halides is 1. The molecule has 0 aliphatic carbocycles. The van der Waals surface area contributed by atoms with E-state index in [1.165, 1.54) is 0 Å². The summed E-state index contributed by atoms with van der Waals surface area (Å²) in [5.74, 6) is -0.960. The zero-order valence-corrected chi connectivity index (χ0v) is 7.11. The van der Waals surface area contributed by atoms with Gasteiger partial charge in [0.2, 0.25) is 0 Å². The van der Waals surface area contributed by atoms with E-state index in [1.807, 2.05) is 0 Å². The van der Waals surface area contributed by atoms with Gasteiger partial charge in [-0.1, -0.05) is 30.3 Å². The molecule has 70 valence electrons. The van der Waals surface area contributed by atoms with Gasteiger partial charge >= 0.3 is 5.97 Å². The van der Waals surface area contributed by atoms with Crippen molar-refractivity contribution in [2.75, 3.05) is 0 Å². The number of benzene rings is 1. The maximum atomic E-state index is 13.2. The molecule has 0 bridgehead atoms. The summed E-state index contributed by atoms with van der Waals surface area (Å²) in [6, 6.07) is 8.60. The highest BCUT2D eigenvalue weighted by Crippen LogP contribution is 2.21. The van der Waals surface area contributed by atoms with Gasteiger partial charge in [0.1, 0.15) is 6.17 Å². The van der Waals surface area contributed by atoms with Crippen molar-refractivity contribution in [1.82, 2.24) is 0 Å². The fourth-order valence-corrected chi connectivity index (χ4v) is 1.08. The van der Waals surface area contributed by atoms with Gasteiger partial charge in [-0.05, 0) is 12.0 Å². The number of carbonyl (C=O) groups is 1. The van der Waals surface area contributed by atoms with E-state index in [1.54, 1.807) is 30.3 Å².